The van der Waals surface area contributed by atoms with E-state index in [0.29, 0.717) is 0 Å². The van der Waals surface area contributed by atoms with Gasteiger partial charge in [-0.1, -0.05) is 11.6 Å². The highest BCUT2D eigenvalue weighted by Gasteiger charge is 2.18. The van der Waals surface area contributed by atoms with Gasteiger partial charge in [-0.2, -0.15) is 0 Å². The lowest BCUT2D eigenvalue weighted by Gasteiger charge is -2.05. The summed E-state index contributed by atoms with van der Waals surface area (Å²) in [6, 6.07) is 4.91. The molecule has 1 amide bonds. The van der Waals surface area contributed by atoms with Gasteiger partial charge in [0.25, 0.3) is 5.78 Å². The molecule has 0 saturated heterocycles. The monoisotopic (exact) mass is 208 g/mol. The summed E-state index contributed by atoms with van der Waals surface area (Å²) in [7, 11) is 1.25. The van der Waals surface area contributed by atoms with Gasteiger partial charge >= 0.3 is 5.91 Å². The molecule has 0 spiro atoms. The van der Waals surface area contributed by atoms with Crippen molar-refractivity contribution in [3.63, 3.8) is 0 Å². The van der Waals surface area contributed by atoms with Gasteiger partial charge in [0.15, 0.2) is 0 Å². The predicted molar refractivity (Wildman–Crippen MR) is 55.1 cm³/mol. The predicted octanol–water partition coefficient (Wildman–Crippen LogP) is 0.438. The zero-order valence-corrected chi connectivity index (χ0v) is 8.53. The molecule has 1 aromatic rings. The summed E-state index contributed by atoms with van der Waals surface area (Å²) < 4.78 is 0. The summed E-state index contributed by atoms with van der Waals surface area (Å²) in [6.07, 6.45) is 0. The van der Waals surface area contributed by atoms with Crippen LogP contribution < -0.4 is 11.2 Å². The summed E-state index contributed by atoms with van der Waals surface area (Å²) in [6.45, 7) is 1.81. The Morgan fingerprint density at radius 3 is 2.67 bits per heavy atom. The Balaban J connectivity index is 3.00. The summed E-state index contributed by atoms with van der Waals surface area (Å²) in [5.41, 5.74) is 8.85. The van der Waals surface area contributed by atoms with E-state index in [9.17, 15) is 9.59 Å². The molecule has 0 aliphatic carbocycles. The van der Waals surface area contributed by atoms with Crippen LogP contribution in [-0.4, -0.2) is 18.8 Å². The van der Waals surface area contributed by atoms with Gasteiger partial charge in [-0.3, -0.25) is 14.4 Å². The molecule has 5 heteroatoms. The van der Waals surface area contributed by atoms with E-state index in [1.165, 1.54) is 7.11 Å². The summed E-state index contributed by atoms with van der Waals surface area (Å²) >= 11 is 0. The number of Topliss-reactive ketones (excluding diaryl/α,β-unsaturated/α-hetero) is 1. The van der Waals surface area contributed by atoms with Crippen molar-refractivity contribution in [1.82, 2.24) is 5.48 Å². The lowest BCUT2D eigenvalue weighted by molar-refractivity contribution is -0.126. The molecule has 1 rings (SSSR count). The van der Waals surface area contributed by atoms with E-state index in [1.807, 2.05) is 12.4 Å². The van der Waals surface area contributed by atoms with E-state index in [-0.39, 0.29) is 11.3 Å². The van der Waals surface area contributed by atoms with Crippen molar-refractivity contribution in [3.05, 3.63) is 29.3 Å². The van der Waals surface area contributed by atoms with Gasteiger partial charge in [0.2, 0.25) is 0 Å². The van der Waals surface area contributed by atoms with Crippen molar-refractivity contribution in [2.75, 3.05) is 12.8 Å². The number of carbonyl (C=O) groups is 2. The Labute approximate surface area is 87.2 Å². The largest absolute Gasteiger partial charge is 0.398 e. The summed E-state index contributed by atoms with van der Waals surface area (Å²) in [5.74, 6) is -1.55. The van der Waals surface area contributed by atoms with Crippen LogP contribution in [0.5, 0.6) is 0 Å². The highest BCUT2D eigenvalue weighted by Crippen LogP contribution is 2.14. The molecule has 0 aliphatic rings. The summed E-state index contributed by atoms with van der Waals surface area (Å²) in [4.78, 5) is 27.1. The number of hydrogen-bond acceptors (Lipinski definition) is 4. The number of hydroxylamine groups is 1. The first-order valence-corrected chi connectivity index (χ1v) is 4.30. The van der Waals surface area contributed by atoms with Crippen LogP contribution in [0.3, 0.4) is 0 Å². The van der Waals surface area contributed by atoms with Crippen molar-refractivity contribution in [2.45, 2.75) is 6.92 Å². The molecule has 15 heavy (non-hydrogen) atoms. The molecule has 0 fully saturated rings. The molecule has 0 unspecified atom stereocenters. The van der Waals surface area contributed by atoms with Gasteiger partial charge in [-0.25, -0.2) is 5.48 Å². The number of nitrogen functional groups attached to an aromatic ring is 1. The van der Waals surface area contributed by atoms with E-state index in [1.54, 1.807) is 18.2 Å². The number of nitrogens with one attached hydrogen (secondary N) is 1. The molecule has 0 atom stereocenters. The van der Waals surface area contributed by atoms with Gasteiger partial charge in [0.1, 0.15) is 0 Å². The molecule has 0 aromatic heterocycles. The Kier molecular flexibility index (Phi) is 3.41. The summed E-state index contributed by atoms with van der Waals surface area (Å²) in [5, 5.41) is 0. The van der Waals surface area contributed by atoms with E-state index in [2.05, 4.69) is 4.84 Å². The fourth-order valence-corrected chi connectivity index (χ4v) is 1.13. The minimum Gasteiger partial charge on any atom is -0.398 e. The Bertz CT molecular complexity index is 402. The second-order valence-electron chi connectivity index (χ2n) is 3.06. The molecule has 5 nitrogen and oxygen atoms in total. The van der Waals surface area contributed by atoms with Gasteiger partial charge in [-0.05, 0) is 19.1 Å². The van der Waals surface area contributed by atoms with Crippen LogP contribution in [-0.2, 0) is 9.63 Å². The first-order chi connectivity index (χ1) is 7.06. The van der Waals surface area contributed by atoms with Crippen LogP contribution in [0.25, 0.3) is 0 Å². The number of aryl methyl sites for hydroxylation is 1. The smallest absolute Gasteiger partial charge is 0.315 e. The molecule has 0 bridgehead atoms. The zero-order valence-electron chi connectivity index (χ0n) is 8.53. The van der Waals surface area contributed by atoms with Crippen LogP contribution >= 0.6 is 0 Å². The number of nitrogens with two attached hydrogens (primary N) is 1. The van der Waals surface area contributed by atoms with Gasteiger partial charge in [0.05, 0.1) is 12.7 Å². The first-order valence-electron chi connectivity index (χ1n) is 4.30. The molecule has 0 heterocycles. The van der Waals surface area contributed by atoms with Crippen LogP contribution in [0.2, 0.25) is 0 Å². The third-order valence-electron chi connectivity index (χ3n) is 1.85. The second kappa shape index (κ2) is 4.56. The molecular weight excluding hydrogens is 196 g/mol. The number of benzene rings is 1. The fourth-order valence-electron chi connectivity index (χ4n) is 1.13. The highest BCUT2D eigenvalue weighted by atomic mass is 16.6. The minimum absolute atomic E-state index is 0.185. The number of carbonyl (C=O) groups excluding carboxylic acids is 2. The average molecular weight is 208 g/mol. The number of amides is 1. The van der Waals surface area contributed by atoms with Crippen molar-refractivity contribution in [3.8, 4) is 0 Å². The third kappa shape index (κ3) is 2.54. The lowest BCUT2D eigenvalue weighted by Crippen LogP contribution is -2.30. The lowest BCUT2D eigenvalue weighted by atomic mass is 10.1. The van der Waals surface area contributed by atoms with E-state index in [4.69, 9.17) is 5.73 Å². The molecular formula is C10H12N2O3. The minimum atomic E-state index is -0.838. The van der Waals surface area contributed by atoms with Crippen LogP contribution in [0.4, 0.5) is 5.69 Å². The van der Waals surface area contributed by atoms with E-state index in [0.717, 1.165) is 5.56 Å². The molecule has 0 saturated carbocycles. The Hall–Kier alpha value is -1.88. The van der Waals surface area contributed by atoms with Crippen molar-refractivity contribution in [2.24, 2.45) is 0 Å². The third-order valence-corrected chi connectivity index (χ3v) is 1.85. The number of ketones is 1. The van der Waals surface area contributed by atoms with Crippen molar-refractivity contribution in [1.29, 1.82) is 0 Å². The molecule has 80 valence electrons. The maximum atomic E-state index is 11.5. The first kappa shape index (κ1) is 11.2. The average Bonchev–Trinajstić information content (AvgIpc) is 2.21. The van der Waals surface area contributed by atoms with Gasteiger partial charge < -0.3 is 5.73 Å². The van der Waals surface area contributed by atoms with E-state index < -0.39 is 11.7 Å². The van der Waals surface area contributed by atoms with Crippen LogP contribution in [0.1, 0.15) is 15.9 Å². The van der Waals surface area contributed by atoms with Crippen LogP contribution in [0, 0.1) is 6.92 Å². The molecule has 0 aliphatic heterocycles. The number of rotatable bonds is 3. The fraction of sp³-hybridized carbons (Fsp3) is 0.200. The molecule has 0 radical (unpaired) electrons. The highest BCUT2D eigenvalue weighted by molar-refractivity contribution is 6.43. The topological polar surface area (TPSA) is 81.4 Å². The Morgan fingerprint density at radius 1 is 1.40 bits per heavy atom. The van der Waals surface area contributed by atoms with E-state index >= 15 is 0 Å². The SMILES string of the molecule is CONC(=O)C(=O)c1cc(C)ccc1N. The second-order valence-corrected chi connectivity index (χ2v) is 3.06. The van der Waals surface area contributed by atoms with Crippen molar-refractivity contribution < 1.29 is 14.4 Å². The van der Waals surface area contributed by atoms with Crippen LogP contribution in [0.15, 0.2) is 18.2 Å². The maximum absolute atomic E-state index is 11.5. The van der Waals surface area contributed by atoms with Gasteiger partial charge in [-0.15, -0.1) is 0 Å². The molecule has 3 N–H and O–H groups in total. The number of hydrogen-bond donors (Lipinski definition) is 2. The van der Waals surface area contributed by atoms with Crippen molar-refractivity contribution >= 4 is 17.4 Å². The number of anilines is 1. The quantitative estimate of drug-likeness (QED) is 0.327. The Morgan fingerprint density at radius 2 is 2.07 bits per heavy atom. The molecule has 1 aromatic carbocycles. The zero-order chi connectivity index (χ0) is 11.4. The standard InChI is InChI=1S/C10H12N2O3/c1-6-3-4-8(11)7(5-6)9(13)10(14)12-15-2/h3-5H,11H2,1-2H3,(H,12,14). The van der Waals surface area contributed by atoms with Gasteiger partial charge in [0, 0.05) is 5.69 Å². The normalized spacial score (nSPS) is 9.73. The maximum Gasteiger partial charge on any atom is 0.315 e.